The Morgan fingerprint density at radius 3 is 2.70 bits per heavy atom. The lowest BCUT2D eigenvalue weighted by Crippen LogP contribution is -2.49. The van der Waals surface area contributed by atoms with Crippen LogP contribution in [0.2, 0.25) is 0 Å². The Morgan fingerprint density at radius 1 is 1.35 bits per heavy atom. The van der Waals surface area contributed by atoms with Crippen molar-refractivity contribution in [2.75, 3.05) is 13.1 Å². The average molecular weight is 320 g/mol. The number of nitrogens with zero attached hydrogens (tertiary/aromatic N) is 1. The lowest BCUT2D eigenvalue weighted by molar-refractivity contribution is -0.138. The molecule has 0 unspecified atom stereocenters. The fraction of sp³-hybridized carbons (Fsp3) is 0.706. The number of rotatable bonds is 6. The van der Waals surface area contributed by atoms with Crippen molar-refractivity contribution in [1.82, 2.24) is 20.6 Å². The molecule has 6 heteroatoms. The first-order valence-corrected chi connectivity index (χ1v) is 8.37. The van der Waals surface area contributed by atoms with Gasteiger partial charge in [-0.05, 0) is 25.2 Å². The molecule has 3 N–H and O–H groups in total. The minimum atomic E-state index is -0.536. The summed E-state index contributed by atoms with van der Waals surface area (Å²) in [6.45, 7) is 9.13. The van der Waals surface area contributed by atoms with Gasteiger partial charge in [-0.15, -0.1) is 0 Å². The number of aromatic nitrogens is 2. The fourth-order valence-corrected chi connectivity index (χ4v) is 3.59. The van der Waals surface area contributed by atoms with Crippen LogP contribution in [0.4, 0.5) is 0 Å². The summed E-state index contributed by atoms with van der Waals surface area (Å²) in [4.78, 5) is 32.2. The van der Waals surface area contributed by atoms with Crippen molar-refractivity contribution < 1.29 is 9.59 Å². The molecule has 1 aromatic heterocycles. The third kappa shape index (κ3) is 3.26. The predicted octanol–water partition coefficient (Wildman–Crippen LogP) is 1.65. The summed E-state index contributed by atoms with van der Waals surface area (Å²) in [5.74, 6) is 0.829. The number of H-pyrrole nitrogens is 1. The van der Waals surface area contributed by atoms with Crippen LogP contribution in [0.5, 0.6) is 0 Å². The second-order valence-corrected chi connectivity index (χ2v) is 7.08. The number of carbonyl (C=O) groups is 2. The zero-order chi connectivity index (χ0) is 17.1. The van der Waals surface area contributed by atoms with Gasteiger partial charge in [0.1, 0.15) is 5.82 Å². The van der Waals surface area contributed by atoms with Gasteiger partial charge in [-0.25, -0.2) is 4.98 Å². The van der Waals surface area contributed by atoms with Gasteiger partial charge in [0.15, 0.2) is 0 Å². The van der Waals surface area contributed by atoms with E-state index in [-0.39, 0.29) is 23.1 Å². The SMILES string of the molecule is CCNC(=O)[C@@H]1CC[C@](C)(C(=O)NCCc2ncc[nH]2)C1(C)C. The molecule has 0 spiro atoms. The highest BCUT2D eigenvalue weighted by Crippen LogP contribution is 2.56. The van der Waals surface area contributed by atoms with Gasteiger partial charge in [-0.2, -0.15) is 0 Å². The lowest BCUT2D eigenvalue weighted by Gasteiger charge is -2.39. The molecule has 0 radical (unpaired) electrons. The predicted molar refractivity (Wildman–Crippen MR) is 88.6 cm³/mol. The Kier molecular flexibility index (Phi) is 5.12. The summed E-state index contributed by atoms with van der Waals surface area (Å²) in [6, 6.07) is 0. The molecule has 0 bridgehead atoms. The van der Waals surface area contributed by atoms with E-state index >= 15 is 0 Å². The summed E-state index contributed by atoms with van der Waals surface area (Å²) in [5, 5.41) is 5.92. The molecule has 1 aliphatic rings. The van der Waals surface area contributed by atoms with Crippen LogP contribution in [-0.4, -0.2) is 34.9 Å². The van der Waals surface area contributed by atoms with Gasteiger partial charge >= 0.3 is 0 Å². The zero-order valence-corrected chi connectivity index (χ0v) is 14.5. The van der Waals surface area contributed by atoms with Crippen molar-refractivity contribution in [2.45, 2.75) is 47.0 Å². The highest BCUT2D eigenvalue weighted by atomic mass is 16.2. The molecule has 2 amide bonds. The molecular weight excluding hydrogens is 292 g/mol. The summed E-state index contributed by atoms with van der Waals surface area (Å²) in [7, 11) is 0. The maximum absolute atomic E-state index is 12.8. The topological polar surface area (TPSA) is 86.9 Å². The minimum Gasteiger partial charge on any atom is -0.356 e. The van der Waals surface area contributed by atoms with Gasteiger partial charge in [-0.3, -0.25) is 9.59 Å². The first-order valence-electron chi connectivity index (χ1n) is 8.37. The van der Waals surface area contributed by atoms with Gasteiger partial charge in [0.05, 0.1) is 5.41 Å². The third-order valence-electron chi connectivity index (χ3n) is 5.60. The number of hydrogen-bond donors (Lipinski definition) is 3. The molecule has 0 saturated heterocycles. The monoisotopic (exact) mass is 320 g/mol. The molecule has 1 aliphatic carbocycles. The molecule has 2 atom stereocenters. The van der Waals surface area contributed by atoms with E-state index in [1.165, 1.54) is 0 Å². The van der Waals surface area contributed by atoms with E-state index < -0.39 is 5.41 Å². The van der Waals surface area contributed by atoms with Crippen molar-refractivity contribution in [3.8, 4) is 0 Å². The zero-order valence-electron chi connectivity index (χ0n) is 14.5. The normalized spacial score (nSPS) is 26.0. The third-order valence-corrected chi connectivity index (χ3v) is 5.60. The number of amides is 2. The molecule has 128 valence electrons. The van der Waals surface area contributed by atoms with E-state index in [1.807, 2.05) is 27.7 Å². The average Bonchev–Trinajstić information content (AvgIpc) is 3.07. The van der Waals surface area contributed by atoms with Crippen molar-refractivity contribution in [3.05, 3.63) is 18.2 Å². The number of aromatic amines is 1. The van der Waals surface area contributed by atoms with Gasteiger partial charge in [-0.1, -0.05) is 20.8 Å². The minimum absolute atomic E-state index is 0.0286. The van der Waals surface area contributed by atoms with E-state index in [1.54, 1.807) is 12.4 Å². The molecule has 1 fully saturated rings. The van der Waals surface area contributed by atoms with Crippen LogP contribution < -0.4 is 10.6 Å². The molecule has 1 aromatic rings. The molecule has 6 nitrogen and oxygen atoms in total. The van der Waals surface area contributed by atoms with E-state index in [9.17, 15) is 9.59 Å². The molecule has 0 aromatic carbocycles. The second kappa shape index (κ2) is 6.72. The van der Waals surface area contributed by atoms with Crippen LogP contribution in [0, 0.1) is 16.7 Å². The van der Waals surface area contributed by atoms with Gasteiger partial charge in [0, 0.05) is 37.8 Å². The van der Waals surface area contributed by atoms with Crippen LogP contribution in [0.15, 0.2) is 12.4 Å². The van der Waals surface area contributed by atoms with Crippen LogP contribution in [-0.2, 0) is 16.0 Å². The molecule has 0 aliphatic heterocycles. The first kappa shape index (κ1) is 17.5. The number of nitrogens with one attached hydrogen (secondary N) is 3. The Morgan fingerprint density at radius 2 is 2.09 bits per heavy atom. The van der Waals surface area contributed by atoms with E-state index in [2.05, 4.69) is 20.6 Å². The van der Waals surface area contributed by atoms with E-state index in [0.717, 1.165) is 18.7 Å². The van der Waals surface area contributed by atoms with Gasteiger partial charge < -0.3 is 15.6 Å². The van der Waals surface area contributed by atoms with Crippen molar-refractivity contribution in [2.24, 2.45) is 16.7 Å². The first-order chi connectivity index (χ1) is 10.8. The summed E-state index contributed by atoms with van der Waals surface area (Å²) >= 11 is 0. The van der Waals surface area contributed by atoms with Crippen LogP contribution in [0.25, 0.3) is 0 Å². The van der Waals surface area contributed by atoms with Gasteiger partial charge in [0.25, 0.3) is 0 Å². The van der Waals surface area contributed by atoms with E-state index in [0.29, 0.717) is 19.5 Å². The summed E-state index contributed by atoms with van der Waals surface area (Å²) in [6.07, 6.45) is 5.63. The second-order valence-electron chi connectivity index (χ2n) is 7.08. The molecule has 1 heterocycles. The largest absolute Gasteiger partial charge is 0.356 e. The molecule has 23 heavy (non-hydrogen) atoms. The summed E-state index contributed by atoms with van der Waals surface area (Å²) < 4.78 is 0. The smallest absolute Gasteiger partial charge is 0.226 e. The van der Waals surface area contributed by atoms with Crippen LogP contribution in [0.3, 0.4) is 0 Å². The van der Waals surface area contributed by atoms with Crippen LogP contribution >= 0.6 is 0 Å². The molecular formula is C17H28N4O2. The maximum Gasteiger partial charge on any atom is 0.226 e. The molecule has 1 saturated carbocycles. The standard InChI is InChI=1S/C17H28N4O2/c1-5-18-14(22)12-6-8-17(4,16(12,2)3)15(23)21-9-7-13-19-10-11-20-13/h10-12H,5-9H2,1-4H3,(H,18,22)(H,19,20)(H,21,23)/t12-,17+/m0/s1. The highest BCUT2D eigenvalue weighted by molar-refractivity contribution is 5.87. The Balaban J connectivity index is 1.99. The van der Waals surface area contributed by atoms with Gasteiger partial charge in [0.2, 0.25) is 11.8 Å². The van der Waals surface area contributed by atoms with E-state index in [4.69, 9.17) is 0 Å². The Bertz CT molecular complexity index is 553. The Hall–Kier alpha value is -1.85. The highest BCUT2D eigenvalue weighted by Gasteiger charge is 2.57. The summed E-state index contributed by atoms with van der Waals surface area (Å²) in [5.41, 5.74) is -0.910. The van der Waals surface area contributed by atoms with Crippen molar-refractivity contribution in [1.29, 1.82) is 0 Å². The number of imidazole rings is 1. The molecule has 2 rings (SSSR count). The lowest BCUT2D eigenvalue weighted by atomic mass is 9.65. The number of hydrogen-bond acceptors (Lipinski definition) is 3. The van der Waals surface area contributed by atoms with Crippen LogP contribution in [0.1, 0.15) is 46.4 Å². The van der Waals surface area contributed by atoms with Crippen molar-refractivity contribution in [3.63, 3.8) is 0 Å². The van der Waals surface area contributed by atoms with Crippen molar-refractivity contribution >= 4 is 11.8 Å². The maximum atomic E-state index is 12.8. The Labute approximate surface area is 137 Å². The fourth-order valence-electron chi connectivity index (χ4n) is 3.59. The number of carbonyl (C=O) groups excluding carboxylic acids is 2. The quantitative estimate of drug-likeness (QED) is 0.745.